The van der Waals surface area contributed by atoms with Crippen molar-refractivity contribution >= 4 is 11.6 Å². The van der Waals surface area contributed by atoms with Crippen LogP contribution in [0.2, 0.25) is 0 Å². The highest BCUT2D eigenvalue weighted by atomic mass is 15.0. The second-order valence-electron chi connectivity index (χ2n) is 3.82. The normalized spacial score (nSPS) is 10.0. The zero-order valence-electron chi connectivity index (χ0n) is 10.1. The summed E-state index contributed by atoms with van der Waals surface area (Å²) in [7, 11) is 1.84. The van der Waals surface area contributed by atoms with Gasteiger partial charge in [-0.15, -0.1) is 0 Å². The van der Waals surface area contributed by atoms with Crippen LogP contribution in [0.15, 0.2) is 36.7 Å². The predicted octanol–water partition coefficient (Wildman–Crippen LogP) is 2.44. The summed E-state index contributed by atoms with van der Waals surface area (Å²) < 4.78 is 0. The third-order valence-electron chi connectivity index (χ3n) is 2.64. The summed E-state index contributed by atoms with van der Waals surface area (Å²) in [6.45, 7) is 2.88. The summed E-state index contributed by atoms with van der Waals surface area (Å²) in [5, 5.41) is 6.27. The average molecular weight is 228 g/mol. The Labute approximate surface area is 101 Å². The van der Waals surface area contributed by atoms with Crippen LogP contribution in [0.1, 0.15) is 11.1 Å². The molecule has 2 N–H and O–H groups in total. The Morgan fingerprint density at radius 2 is 1.88 bits per heavy atom. The van der Waals surface area contributed by atoms with E-state index in [1.54, 1.807) is 6.33 Å². The summed E-state index contributed by atoms with van der Waals surface area (Å²) in [4.78, 5) is 8.24. The second-order valence-corrected chi connectivity index (χ2v) is 3.82. The number of nitrogens with zero attached hydrogens (tertiary/aromatic N) is 2. The predicted molar refractivity (Wildman–Crippen MR) is 70.1 cm³/mol. The lowest BCUT2D eigenvalue weighted by Crippen LogP contribution is -2.04. The van der Waals surface area contributed by atoms with Crippen LogP contribution in [0.4, 0.5) is 11.6 Å². The number of hydrogen-bond donors (Lipinski definition) is 2. The number of aromatic nitrogens is 2. The van der Waals surface area contributed by atoms with Crippen molar-refractivity contribution in [2.45, 2.75) is 13.5 Å². The highest BCUT2D eigenvalue weighted by Gasteiger charge is 1.99. The topological polar surface area (TPSA) is 49.8 Å². The monoisotopic (exact) mass is 228 g/mol. The highest BCUT2D eigenvalue weighted by molar-refractivity contribution is 5.46. The van der Waals surface area contributed by atoms with Crippen molar-refractivity contribution in [3.63, 3.8) is 0 Å². The molecule has 0 unspecified atom stereocenters. The minimum atomic E-state index is 0.771. The fourth-order valence-electron chi connectivity index (χ4n) is 1.58. The molecule has 0 saturated heterocycles. The van der Waals surface area contributed by atoms with Crippen molar-refractivity contribution in [2.75, 3.05) is 17.7 Å². The van der Waals surface area contributed by atoms with E-state index >= 15 is 0 Å². The Morgan fingerprint density at radius 3 is 2.65 bits per heavy atom. The fraction of sp³-hybridized carbons (Fsp3) is 0.231. The van der Waals surface area contributed by atoms with Crippen LogP contribution in [0.5, 0.6) is 0 Å². The van der Waals surface area contributed by atoms with Crippen molar-refractivity contribution in [3.8, 4) is 0 Å². The van der Waals surface area contributed by atoms with Gasteiger partial charge < -0.3 is 10.6 Å². The van der Waals surface area contributed by atoms with E-state index in [1.807, 2.05) is 25.2 Å². The van der Waals surface area contributed by atoms with Crippen molar-refractivity contribution in [2.24, 2.45) is 0 Å². The maximum absolute atomic E-state index is 4.17. The summed E-state index contributed by atoms with van der Waals surface area (Å²) >= 11 is 0. The Bertz CT molecular complexity index is 496. The second kappa shape index (κ2) is 5.30. The van der Waals surface area contributed by atoms with E-state index < -0.39 is 0 Å². The third kappa shape index (κ3) is 2.93. The lowest BCUT2D eigenvalue weighted by molar-refractivity contribution is 1.07. The molecule has 0 aliphatic heterocycles. The first kappa shape index (κ1) is 11.4. The Kier molecular flexibility index (Phi) is 3.55. The van der Waals surface area contributed by atoms with Gasteiger partial charge in [0, 0.05) is 19.7 Å². The third-order valence-corrected chi connectivity index (χ3v) is 2.64. The molecule has 0 atom stereocenters. The summed E-state index contributed by atoms with van der Waals surface area (Å²) in [5.74, 6) is 1.64. The molecular formula is C13H16N4. The number of hydrogen-bond acceptors (Lipinski definition) is 4. The summed E-state index contributed by atoms with van der Waals surface area (Å²) in [6.07, 6.45) is 1.55. The largest absolute Gasteiger partial charge is 0.373 e. The molecule has 0 aliphatic carbocycles. The van der Waals surface area contributed by atoms with Gasteiger partial charge in [-0.05, 0) is 18.1 Å². The molecule has 4 heteroatoms. The van der Waals surface area contributed by atoms with Gasteiger partial charge in [-0.25, -0.2) is 9.97 Å². The summed E-state index contributed by atoms with van der Waals surface area (Å²) in [6, 6.07) is 10.2. The van der Waals surface area contributed by atoms with Crippen LogP contribution in [0.25, 0.3) is 0 Å². The van der Waals surface area contributed by atoms with E-state index in [-0.39, 0.29) is 0 Å². The smallest absolute Gasteiger partial charge is 0.131 e. The average Bonchev–Trinajstić information content (AvgIpc) is 2.38. The SMILES string of the molecule is CNc1cc(NCc2ccccc2C)ncn1. The molecule has 4 nitrogen and oxygen atoms in total. The van der Waals surface area contributed by atoms with Gasteiger partial charge in [0.05, 0.1) is 0 Å². The maximum atomic E-state index is 4.17. The lowest BCUT2D eigenvalue weighted by Gasteiger charge is -2.08. The first-order chi connectivity index (χ1) is 8.29. The molecular weight excluding hydrogens is 212 g/mol. The molecule has 0 spiro atoms. The van der Waals surface area contributed by atoms with Crippen molar-refractivity contribution in [1.82, 2.24) is 9.97 Å². The minimum absolute atomic E-state index is 0.771. The van der Waals surface area contributed by atoms with Gasteiger partial charge in [0.2, 0.25) is 0 Å². The first-order valence-corrected chi connectivity index (χ1v) is 5.58. The minimum Gasteiger partial charge on any atom is -0.373 e. The van der Waals surface area contributed by atoms with Crippen LogP contribution in [-0.4, -0.2) is 17.0 Å². The lowest BCUT2D eigenvalue weighted by atomic mass is 10.1. The van der Waals surface area contributed by atoms with Gasteiger partial charge in [-0.3, -0.25) is 0 Å². The zero-order valence-corrected chi connectivity index (χ0v) is 10.1. The first-order valence-electron chi connectivity index (χ1n) is 5.58. The molecule has 2 aromatic rings. The van der Waals surface area contributed by atoms with Crippen LogP contribution >= 0.6 is 0 Å². The van der Waals surface area contributed by atoms with Crippen LogP contribution in [0, 0.1) is 6.92 Å². The van der Waals surface area contributed by atoms with Crippen molar-refractivity contribution in [3.05, 3.63) is 47.8 Å². The standard InChI is InChI=1S/C13H16N4/c1-10-5-3-4-6-11(10)8-15-13-7-12(14-2)16-9-17-13/h3-7,9H,8H2,1-2H3,(H2,14,15,16,17). The Morgan fingerprint density at radius 1 is 1.12 bits per heavy atom. The fourth-order valence-corrected chi connectivity index (χ4v) is 1.58. The molecule has 0 bridgehead atoms. The van der Waals surface area contributed by atoms with Gasteiger partial charge >= 0.3 is 0 Å². The molecule has 1 aromatic carbocycles. The van der Waals surface area contributed by atoms with E-state index in [0.29, 0.717) is 0 Å². The van der Waals surface area contributed by atoms with E-state index in [2.05, 4.69) is 39.7 Å². The molecule has 17 heavy (non-hydrogen) atoms. The van der Waals surface area contributed by atoms with Gasteiger partial charge in [0.25, 0.3) is 0 Å². The molecule has 0 fully saturated rings. The molecule has 0 amide bonds. The molecule has 1 heterocycles. The van der Waals surface area contributed by atoms with Gasteiger partial charge in [-0.1, -0.05) is 24.3 Å². The maximum Gasteiger partial charge on any atom is 0.131 e. The van der Waals surface area contributed by atoms with E-state index in [9.17, 15) is 0 Å². The number of anilines is 2. The Hall–Kier alpha value is -2.10. The van der Waals surface area contributed by atoms with Crippen LogP contribution < -0.4 is 10.6 Å². The van der Waals surface area contributed by atoms with Crippen LogP contribution in [-0.2, 0) is 6.54 Å². The summed E-state index contributed by atoms with van der Waals surface area (Å²) in [5.41, 5.74) is 2.56. The van der Waals surface area contributed by atoms with Crippen LogP contribution in [0.3, 0.4) is 0 Å². The Balaban J connectivity index is 2.05. The number of benzene rings is 1. The number of aryl methyl sites for hydroxylation is 1. The molecule has 0 saturated carbocycles. The van der Waals surface area contributed by atoms with Gasteiger partial charge in [0.15, 0.2) is 0 Å². The van der Waals surface area contributed by atoms with E-state index in [1.165, 1.54) is 11.1 Å². The van der Waals surface area contributed by atoms with Crippen molar-refractivity contribution in [1.29, 1.82) is 0 Å². The van der Waals surface area contributed by atoms with Crippen molar-refractivity contribution < 1.29 is 0 Å². The number of rotatable bonds is 4. The van der Waals surface area contributed by atoms with E-state index in [4.69, 9.17) is 0 Å². The van der Waals surface area contributed by atoms with Gasteiger partial charge in [-0.2, -0.15) is 0 Å². The molecule has 2 rings (SSSR count). The molecule has 0 aliphatic rings. The molecule has 88 valence electrons. The molecule has 1 aromatic heterocycles. The van der Waals surface area contributed by atoms with Gasteiger partial charge in [0.1, 0.15) is 18.0 Å². The van der Waals surface area contributed by atoms with E-state index in [0.717, 1.165) is 18.2 Å². The quantitative estimate of drug-likeness (QED) is 0.844. The zero-order chi connectivity index (χ0) is 12.1. The number of nitrogens with one attached hydrogen (secondary N) is 2. The highest BCUT2D eigenvalue weighted by Crippen LogP contribution is 2.11. The molecule has 0 radical (unpaired) electrons.